The van der Waals surface area contributed by atoms with Gasteiger partial charge in [-0.15, -0.1) is 0 Å². The van der Waals surface area contributed by atoms with Crippen molar-refractivity contribution in [2.45, 2.75) is 19.9 Å². The van der Waals surface area contributed by atoms with Crippen LogP contribution in [0.25, 0.3) is 11.1 Å². The van der Waals surface area contributed by atoms with E-state index in [1.165, 1.54) is 12.1 Å². The van der Waals surface area contributed by atoms with Gasteiger partial charge in [-0.2, -0.15) is 5.10 Å². The molecule has 0 spiro atoms. The summed E-state index contributed by atoms with van der Waals surface area (Å²) in [6.45, 7) is 2.95. The van der Waals surface area contributed by atoms with E-state index in [9.17, 15) is 4.39 Å². The molecule has 0 saturated heterocycles. The van der Waals surface area contributed by atoms with Gasteiger partial charge in [-0.3, -0.25) is 4.68 Å². The lowest BCUT2D eigenvalue weighted by Gasteiger charge is -2.00. The van der Waals surface area contributed by atoms with Crippen LogP contribution in [0.5, 0.6) is 0 Å². The fraction of sp³-hybridized carbons (Fsp3) is 0.250. The Morgan fingerprint density at radius 1 is 1.31 bits per heavy atom. The number of nitrogens with zero attached hydrogens (tertiary/aromatic N) is 2. The SMILES string of the molecule is CCCn1cc(-c2cc(N)cc(F)c2)cn1. The molecular weight excluding hydrogens is 205 g/mol. The number of benzene rings is 1. The summed E-state index contributed by atoms with van der Waals surface area (Å²) in [6, 6.07) is 4.51. The van der Waals surface area contributed by atoms with Gasteiger partial charge in [0.1, 0.15) is 5.82 Å². The van der Waals surface area contributed by atoms with Crippen molar-refractivity contribution in [1.82, 2.24) is 9.78 Å². The summed E-state index contributed by atoms with van der Waals surface area (Å²) in [4.78, 5) is 0. The average Bonchev–Trinajstić information content (AvgIpc) is 2.65. The molecule has 16 heavy (non-hydrogen) atoms. The number of nitrogen functional groups attached to an aromatic ring is 1. The summed E-state index contributed by atoms with van der Waals surface area (Å²) in [7, 11) is 0. The number of rotatable bonds is 3. The fourth-order valence-electron chi connectivity index (χ4n) is 1.64. The van der Waals surface area contributed by atoms with Crippen molar-refractivity contribution in [3.63, 3.8) is 0 Å². The van der Waals surface area contributed by atoms with E-state index in [1.54, 1.807) is 12.3 Å². The van der Waals surface area contributed by atoms with Crippen LogP contribution in [0.4, 0.5) is 10.1 Å². The van der Waals surface area contributed by atoms with Gasteiger partial charge in [-0.05, 0) is 30.2 Å². The van der Waals surface area contributed by atoms with Gasteiger partial charge < -0.3 is 5.73 Å². The molecule has 0 fully saturated rings. The molecule has 0 aliphatic carbocycles. The molecule has 1 aromatic heterocycles. The summed E-state index contributed by atoms with van der Waals surface area (Å²) in [6.07, 6.45) is 4.65. The van der Waals surface area contributed by atoms with Crippen LogP contribution in [-0.4, -0.2) is 9.78 Å². The van der Waals surface area contributed by atoms with Gasteiger partial charge in [0, 0.05) is 24.0 Å². The lowest BCUT2D eigenvalue weighted by molar-refractivity contribution is 0.603. The molecule has 3 nitrogen and oxygen atoms in total. The topological polar surface area (TPSA) is 43.8 Å². The second-order valence-electron chi connectivity index (χ2n) is 3.77. The predicted octanol–water partition coefficient (Wildman–Crippen LogP) is 2.68. The zero-order valence-corrected chi connectivity index (χ0v) is 9.15. The molecule has 84 valence electrons. The summed E-state index contributed by atoms with van der Waals surface area (Å²) < 4.78 is 15.0. The number of hydrogen-bond donors (Lipinski definition) is 1. The fourth-order valence-corrected chi connectivity index (χ4v) is 1.64. The smallest absolute Gasteiger partial charge is 0.125 e. The third-order valence-electron chi connectivity index (χ3n) is 2.34. The van der Waals surface area contributed by atoms with Gasteiger partial charge >= 0.3 is 0 Å². The summed E-state index contributed by atoms with van der Waals surface area (Å²) >= 11 is 0. The van der Waals surface area contributed by atoms with Crippen LogP contribution in [0, 0.1) is 5.82 Å². The molecule has 0 amide bonds. The van der Waals surface area contributed by atoms with Crippen molar-refractivity contribution < 1.29 is 4.39 Å². The molecule has 2 aromatic rings. The maximum Gasteiger partial charge on any atom is 0.125 e. The van der Waals surface area contributed by atoms with E-state index >= 15 is 0 Å². The number of halogens is 1. The van der Waals surface area contributed by atoms with Crippen molar-refractivity contribution >= 4 is 5.69 Å². The van der Waals surface area contributed by atoms with Crippen LogP contribution >= 0.6 is 0 Å². The molecule has 2 rings (SSSR count). The number of aryl methyl sites for hydroxylation is 1. The third kappa shape index (κ3) is 2.21. The van der Waals surface area contributed by atoms with Gasteiger partial charge in [-0.25, -0.2) is 4.39 Å². The standard InChI is InChI=1S/C12H14FN3/c1-2-3-16-8-10(7-15-16)9-4-11(13)6-12(14)5-9/h4-8H,2-3,14H2,1H3. The van der Waals surface area contributed by atoms with Crippen molar-refractivity contribution in [3.05, 3.63) is 36.4 Å². The number of hydrogen-bond acceptors (Lipinski definition) is 2. The van der Waals surface area contributed by atoms with Crippen LogP contribution < -0.4 is 5.73 Å². The Morgan fingerprint density at radius 3 is 2.81 bits per heavy atom. The number of anilines is 1. The molecule has 0 saturated carbocycles. The lowest BCUT2D eigenvalue weighted by atomic mass is 10.1. The zero-order valence-electron chi connectivity index (χ0n) is 9.15. The first-order chi connectivity index (χ1) is 7.69. The van der Waals surface area contributed by atoms with E-state index < -0.39 is 0 Å². The Balaban J connectivity index is 2.34. The van der Waals surface area contributed by atoms with Crippen LogP contribution in [0.3, 0.4) is 0 Å². The molecule has 0 aliphatic heterocycles. The van der Waals surface area contributed by atoms with Crippen molar-refractivity contribution in [2.24, 2.45) is 0 Å². The van der Waals surface area contributed by atoms with Crippen LogP contribution in [0.2, 0.25) is 0 Å². The Bertz CT molecular complexity index is 471. The molecule has 0 bridgehead atoms. The Hall–Kier alpha value is -1.84. The molecule has 0 radical (unpaired) electrons. The van der Waals surface area contributed by atoms with E-state index in [2.05, 4.69) is 12.0 Å². The first-order valence-electron chi connectivity index (χ1n) is 5.28. The molecule has 0 aliphatic rings. The minimum atomic E-state index is -0.321. The second-order valence-corrected chi connectivity index (χ2v) is 3.77. The molecular formula is C12H14FN3. The highest BCUT2D eigenvalue weighted by Crippen LogP contribution is 2.22. The second kappa shape index (κ2) is 4.35. The van der Waals surface area contributed by atoms with Gasteiger partial charge in [-0.1, -0.05) is 6.92 Å². The van der Waals surface area contributed by atoms with E-state index in [1.807, 2.05) is 10.9 Å². The van der Waals surface area contributed by atoms with E-state index in [4.69, 9.17) is 5.73 Å². The zero-order chi connectivity index (χ0) is 11.5. The van der Waals surface area contributed by atoms with Crippen molar-refractivity contribution in [3.8, 4) is 11.1 Å². The maximum absolute atomic E-state index is 13.2. The van der Waals surface area contributed by atoms with Crippen LogP contribution in [0.15, 0.2) is 30.6 Å². The highest BCUT2D eigenvalue weighted by atomic mass is 19.1. The van der Waals surface area contributed by atoms with Gasteiger partial charge in [0.25, 0.3) is 0 Å². The highest BCUT2D eigenvalue weighted by Gasteiger charge is 2.04. The highest BCUT2D eigenvalue weighted by molar-refractivity contribution is 5.66. The van der Waals surface area contributed by atoms with Crippen LogP contribution in [0.1, 0.15) is 13.3 Å². The summed E-state index contributed by atoms with van der Waals surface area (Å²) in [5.41, 5.74) is 7.68. The van der Waals surface area contributed by atoms with Gasteiger partial charge in [0.05, 0.1) is 6.20 Å². The molecule has 1 aromatic carbocycles. The van der Waals surface area contributed by atoms with E-state index in [0.717, 1.165) is 24.1 Å². The molecule has 0 atom stereocenters. The Labute approximate surface area is 93.7 Å². The Morgan fingerprint density at radius 2 is 2.12 bits per heavy atom. The number of nitrogens with two attached hydrogens (primary N) is 1. The minimum Gasteiger partial charge on any atom is -0.399 e. The first-order valence-corrected chi connectivity index (χ1v) is 5.28. The normalized spacial score (nSPS) is 10.6. The monoisotopic (exact) mass is 219 g/mol. The minimum absolute atomic E-state index is 0.321. The lowest BCUT2D eigenvalue weighted by Crippen LogP contribution is -1.95. The van der Waals surface area contributed by atoms with Crippen LogP contribution in [-0.2, 0) is 6.54 Å². The summed E-state index contributed by atoms with van der Waals surface area (Å²) in [5, 5.41) is 4.20. The average molecular weight is 219 g/mol. The summed E-state index contributed by atoms with van der Waals surface area (Å²) in [5.74, 6) is -0.321. The number of aromatic nitrogens is 2. The van der Waals surface area contributed by atoms with E-state index in [-0.39, 0.29) is 5.82 Å². The molecule has 1 heterocycles. The largest absolute Gasteiger partial charge is 0.399 e. The van der Waals surface area contributed by atoms with E-state index in [0.29, 0.717) is 5.69 Å². The van der Waals surface area contributed by atoms with Crippen molar-refractivity contribution in [1.29, 1.82) is 0 Å². The van der Waals surface area contributed by atoms with Gasteiger partial charge in [0.15, 0.2) is 0 Å². The first kappa shape index (κ1) is 10.7. The molecule has 2 N–H and O–H groups in total. The predicted molar refractivity (Wildman–Crippen MR) is 62.3 cm³/mol. The van der Waals surface area contributed by atoms with Crippen molar-refractivity contribution in [2.75, 3.05) is 5.73 Å². The maximum atomic E-state index is 13.2. The van der Waals surface area contributed by atoms with Gasteiger partial charge in [0.2, 0.25) is 0 Å². The third-order valence-corrected chi connectivity index (χ3v) is 2.34. The molecule has 4 heteroatoms. The Kier molecular flexibility index (Phi) is 2.90. The molecule has 0 unspecified atom stereocenters. The quantitative estimate of drug-likeness (QED) is 0.806.